The lowest BCUT2D eigenvalue weighted by Crippen LogP contribution is -2.52. The summed E-state index contributed by atoms with van der Waals surface area (Å²) in [5.41, 5.74) is 1.92. The Kier molecular flexibility index (Phi) is 10.0. The number of halogens is 1. The van der Waals surface area contributed by atoms with Crippen LogP contribution in [0.3, 0.4) is 0 Å². The third-order valence-corrected chi connectivity index (χ3v) is 6.60. The zero-order chi connectivity index (χ0) is 25.3. The Bertz CT molecular complexity index is 1070. The van der Waals surface area contributed by atoms with Gasteiger partial charge in [0.15, 0.2) is 0 Å². The lowest BCUT2D eigenvalue weighted by Gasteiger charge is -2.33. The predicted octanol–water partition coefficient (Wildman–Crippen LogP) is 3.62. The third-order valence-electron chi connectivity index (χ3n) is 5.46. The van der Waals surface area contributed by atoms with Gasteiger partial charge in [-0.15, -0.1) is 0 Å². The van der Waals surface area contributed by atoms with E-state index in [9.17, 15) is 22.4 Å². The highest BCUT2D eigenvalue weighted by Crippen LogP contribution is 2.20. The van der Waals surface area contributed by atoms with Crippen molar-refractivity contribution in [1.29, 1.82) is 0 Å². The summed E-state index contributed by atoms with van der Waals surface area (Å²) in [7, 11) is -3.89. The van der Waals surface area contributed by atoms with E-state index in [1.165, 1.54) is 23.1 Å². The quantitative estimate of drug-likeness (QED) is 0.460. The molecule has 0 aliphatic heterocycles. The van der Waals surface area contributed by atoms with Crippen molar-refractivity contribution in [2.24, 2.45) is 0 Å². The van der Waals surface area contributed by atoms with Crippen molar-refractivity contribution in [1.82, 2.24) is 10.2 Å². The molecular weight excluding hydrogens is 457 g/mol. The number of hydrogen-bond acceptors (Lipinski definition) is 4. The first-order chi connectivity index (χ1) is 16.1. The van der Waals surface area contributed by atoms with E-state index in [0.717, 1.165) is 40.6 Å². The molecule has 0 spiro atoms. The molecule has 0 aliphatic rings. The van der Waals surface area contributed by atoms with E-state index in [0.29, 0.717) is 13.0 Å². The van der Waals surface area contributed by atoms with Crippen LogP contribution in [0.5, 0.6) is 0 Å². The van der Waals surface area contributed by atoms with Crippen LogP contribution in [0.15, 0.2) is 48.5 Å². The molecule has 1 N–H and O–H groups in total. The maximum Gasteiger partial charge on any atom is 0.244 e. The summed E-state index contributed by atoms with van der Waals surface area (Å²) < 4.78 is 39.7. The summed E-state index contributed by atoms with van der Waals surface area (Å²) in [6.07, 6.45) is 3.05. The highest BCUT2D eigenvalue weighted by molar-refractivity contribution is 7.92. The Morgan fingerprint density at radius 2 is 1.76 bits per heavy atom. The monoisotopic (exact) mass is 491 g/mol. The summed E-state index contributed by atoms with van der Waals surface area (Å²) in [5.74, 6) is -1.45. The molecule has 2 aromatic carbocycles. The number of nitrogens with one attached hydrogen (secondary N) is 1. The fourth-order valence-electron chi connectivity index (χ4n) is 3.56. The average Bonchev–Trinajstić information content (AvgIpc) is 2.78. The summed E-state index contributed by atoms with van der Waals surface area (Å²) in [5, 5.41) is 2.87. The molecule has 1 atom stereocenters. The van der Waals surface area contributed by atoms with Crippen LogP contribution in [-0.4, -0.2) is 50.5 Å². The Morgan fingerprint density at radius 3 is 2.32 bits per heavy atom. The van der Waals surface area contributed by atoms with E-state index < -0.39 is 34.3 Å². The van der Waals surface area contributed by atoms with Crippen molar-refractivity contribution in [3.63, 3.8) is 0 Å². The predicted molar refractivity (Wildman–Crippen MR) is 132 cm³/mol. The largest absolute Gasteiger partial charge is 0.354 e. The van der Waals surface area contributed by atoms with Crippen LogP contribution in [0.25, 0.3) is 0 Å². The molecule has 0 bridgehead atoms. The lowest BCUT2D eigenvalue weighted by molar-refractivity contribution is -0.140. The van der Waals surface area contributed by atoms with Crippen molar-refractivity contribution in [2.75, 3.05) is 23.7 Å². The van der Waals surface area contributed by atoms with Crippen LogP contribution >= 0.6 is 0 Å². The zero-order valence-electron chi connectivity index (χ0n) is 20.3. The van der Waals surface area contributed by atoms with Gasteiger partial charge in [-0.25, -0.2) is 12.8 Å². The van der Waals surface area contributed by atoms with Crippen molar-refractivity contribution in [3.8, 4) is 0 Å². The van der Waals surface area contributed by atoms with E-state index in [-0.39, 0.29) is 18.1 Å². The number of unbranched alkanes of at least 4 members (excludes halogenated alkanes) is 1. The summed E-state index contributed by atoms with van der Waals surface area (Å²) in [6.45, 7) is 5.86. The summed E-state index contributed by atoms with van der Waals surface area (Å²) in [4.78, 5) is 27.9. The molecule has 9 heteroatoms. The molecule has 7 nitrogen and oxygen atoms in total. The van der Waals surface area contributed by atoms with E-state index >= 15 is 0 Å². The highest BCUT2D eigenvalue weighted by Gasteiger charge is 2.31. The minimum atomic E-state index is -3.89. The Labute approximate surface area is 202 Å². The van der Waals surface area contributed by atoms with Crippen molar-refractivity contribution < 1.29 is 22.4 Å². The molecule has 2 amide bonds. The first-order valence-corrected chi connectivity index (χ1v) is 13.3. The van der Waals surface area contributed by atoms with Crippen LogP contribution in [0.4, 0.5) is 10.1 Å². The van der Waals surface area contributed by atoms with Crippen LogP contribution in [0, 0.1) is 12.7 Å². The summed E-state index contributed by atoms with van der Waals surface area (Å²) >= 11 is 0. The van der Waals surface area contributed by atoms with Crippen LogP contribution < -0.4 is 9.62 Å². The zero-order valence-corrected chi connectivity index (χ0v) is 21.1. The van der Waals surface area contributed by atoms with Gasteiger partial charge in [-0.05, 0) is 43.5 Å². The van der Waals surface area contributed by atoms with E-state index in [2.05, 4.69) is 5.32 Å². The third kappa shape index (κ3) is 7.83. The second-order valence-electron chi connectivity index (χ2n) is 8.33. The lowest BCUT2D eigenvalue weighted by atomic mass is 10.1. The van der Waals surface area contributed by atoms with E-state index in [1.807, 2.05) is 38.1 Å². The Balaban J connectivity index is 2.39. The van der Waals surface area contributed by atoms with Gasteiger partial charge in [-0.1, -0.05) is 56.2 Å². The molecule has 34 heavy (non-hydrogen) atoms. The minimum Gasteiger partial charge on any atom is -0.354 e. The summed E-state index contributed by atoms with van der Waals surface area (Å²) in [6, 6.07) is 11.9. The highest BCUT2D eigenvalue weighted by atomic mass is 32.2. The fraction of sp³-hybridized carbons (Fsp3) is 0.440. The Hall–Kier alpha value is -2.94. The van der Waals surface area contributed by atoms with Gasteiger partial charge in [-0.3, -0.25) is 13.9 Å². The minimum absolute atomic E-state index is 0.0478. The number of sulfonamides is 1. The SMILES string of the molecule is CCCCNC(=O)[C@H](CC)N(Cc1ccc(C)cc1)C(=O)CN(c1cccc(F)c1)S(C)(=O)=O. The molecule has 0 heterocycles. The average molecular weight is 492 g/mol. The molecule has 0 radical (unpaired) electrons. The molecule has 0 saturated heterocycles. The second-order valence-corrected chi connectivity index (χ2v) is 10.2. The van der Waals surface area contributed by atoms with Gasteiger partial charge < -0.3 is 10.2 Å². The number of benzene rings is 2. The molecule has 0 unspecified atom stereocenters. The van der Waals surface area contributed by atoms with Gasteiger partial charge in [-0.2, -0.15) is 0 Å². The van der Waals surface area contributed by atoms with E-state index in [4.69, 9.17) is 0 Å². The molecule has 0 saturated carbocycles. The van der Waals surface area contributed by atoms with Crippen LogP contribution in [-0.2, 0) is 26.2 Å². The molecule has 2 rings (SSSR count). The number of nitrogens with zero attached hydrogens (tertiary/aromatic N) is 2. The molecular formula is C25H34FN3O4S. The molecule has 186 valence electrons. The van der Waals surface area contributed by atoms with Gasteiger partial charge >= 0.3 is 0 Å². The van der Waals surface area contributed by atoms with Gasteiger partial charge in [0.25, 0.3) is 0 Å². The molecule has 0 aliphatic carbocycles. The number of aryl methyl sites for hydroxylation is 1. The Morgan fingerprint density at radius 1 is 1.09 bits per heavy atom. The second kappa shape index (κ2) is 12.5. The normalized spacial score (nSPS) is 12.1. The first-order valence-electron chi connectivity index (χ1n) is 11.4. The van der Waals surface area contributed by atoms with Gasteiger partial charge in [0.1, 0.15) is 18.4 Å². The molecule has 2 aromatic rings. The van der Waals surface area contributed by atoms with Crippen molar-refractivity contribution >= 4 is 27.5 Å². The van der Waals surface area contributed by atoms with Crippen molar-refractivity contribution in [2.45, 2.75) is 52.6 Å². The molecule has 0 aromatic heterocycles. The van der Waals surface area contributed by atoms with Crippen LogP contribution in [0.1, 0.15) is 44.2 Å². The first kappa shape index (κ1) is 27.3. The van der Waals surface area contributed by atoms with Gasteiger partial charge in [0.05, 0.1) is 11.9 Å². The van der Waals surface area contributed by atoms with Gasteiger partial charge in [0.2, 0.25) is 21.8 Å². The topological polar surface area (TPSA) is 86.8 Å². The number of hydrogen-bond donors (Lipinski definition) is 1. The van der Waals surface area contributed by atoms with Crippen LogP contribution in [0.2, 0.25) is 0 Å². The number of rotatable bonds is 12. The number of amides is 2. The maximum atomic E-state index is 13.8. The maximum absolute atomic E-state index is 13.8. The number of carbonyl (C=O) groups excluding carboxylic acids is 2. The van der Waals surface area contributed by atoms with Crippen molar-refractivity contribution in [3.05, 3.63) is 65.5 Å². The standard InChI is InChI=1S/C25H34FN3O4S/c1-5-7-15-27-25(31)23(6-2)28(17-20-13-11-19(3)12-14-20)24(30)18-29(34(4,32)33)22-10-8-9-21(26)16-22/h8-14,16,23H,5-7,15,17-18H2,1-4H3,(H,27,31)/t23-/m0/s1. The van der Waals surface area contributed by atoms with Gasteiger partial charge in [0, 0.05) is 13.1 Å². The fourth-order valence-corrected chi connectivity index (χ4v) is 4.40. The molecule has 0 fully saturated rings. The van der Waals surface area contributed by atoms with E-state index in [1.54, 1.807) is 6.92 Å². The number of anilines is 1. The smallest absolute Gasteiger partial charge is 0.244 e. The number of carbonyl (C=O) groups is 2.